The van der Waals surface area contributed by atoms with Gasteiger partial charge >= 0.3 is 5.97 Å². The SMILES string of the molecule is COc1ccc([N+](=O)[O-])cc1NC(=O)C(C)OC(=O)CCC(=O)c1ccc(SC)cc1. The normalized spacial score (nSPS) is 11.3. The fourth-order valence-corrected chi connectivity index (χ4v) is 3.00. The monoisotopic (exact) mass is 446 g/mol. The smallest absolute Gasteiger partial charge is 0.307 e. The Hall–Kier alpha value is -3.40. The van der Waals surface area contributed by atoms with Crippen LogP contribution >= 0.6 is 11.8 Å². The third-order valence-corrected chi connectivity index (χ3v) is 5.04. The van der Waals surface area contributed by atoms with Crippen molar-refractivity contribution in [2.24, 2.45) is 0 Å². The van der Waals surface area contributed by atoms with Crippen molar-refractivity contribution >= 4 is 40.8 Å². The molecule has 0 aromatic heterocycles. The Morgan fingerprint density at radius 2 is 1.81 bits per heavy atom. The molecule has 1 amide bonds. The Kier molecular flexibility index (Phi) is 8.56. The van der Waals surface area contributed by atoms with Crippen LogP contribution in [0.25, 0.3) is 0 Å². The van der Waals surface area contributed by atoms with Gasteiger partial charge in [-0.1, -0.05) is 12.1 Å². The summed E-state index contributed by atoms with van der Waals surface area (Å²) < 4.78 is 10.2. The molecular weight excluding hydrogens is 424 g/mol. The Morgan fingerprint density at radius 1 is 1.13 bits per heavy atom. The number of nitro benzene ring substituents is 1. The molecule has 2 aromatic rings. The largest absolute Gasteiger partial charge is 0.495 e. The van der Waals surface area contributed by atoms with Crippen LogP contribution in [0.15, 0.2) is 47.4 Å². The van der Waals surface area contributed by atoms with Gasteiger partial charge in [0.2, 0.25) is 0 Å². The lowest BCUT2D eigenvalue weighted by molar-refractivity contribution is -0.384. The number of nitro groups is 1. The van der Waals surface area contributed by atoms with Crippen LogP contribution in [0, 0.1) is 10.1 Å². The van der Waals surface area contributed by atoms with Gasteiger partial charge in [0.15, 0.2) is 11.9 Å². The van der Waals surface area contributed by atoms with Crippen molar-refractivity contribution in [1.29, 1.82) is 0 Å². The highest BCUT2D eigenvalue weighted by Gasteiger charge is 2.21. The number of nitrogens with one attached hydrogen (secondary N) is 1. The number of thioether (sulfide) groups is 1. The first-order valence-corrected chi connectivity index (χ1v) is 10.5. The molecule has 0 radical (unpaired) electrons. The molecule has 1 atom stereocenters. The van der Waals surface area contributed by atoms with Crippen molar-refractivity contribution in [1.82, 2.24) is 0 Å². The molecule has 164 valence electrons. The van der Waals surface area contributed by atoms with Gasteiger partial charge in [-0.15, -0.1) is 11.8 Å². The molecule has 10 heteroatoms. The Bertz CT molecular complexity index is 976. The minimum Gasteiger partial charge on any atom is -0.495 e. The number of benzene rings is 2. The summed E-state index contributed by atoms with van der Waals surface area (Å²) in [5, 5.41) is 13.4. The quantitative estimate of drug-likeness (QED) is 0.192. The summed E-state index contributed by atoms with van der Waals surface area (Å²) in [6.07, 6.45) is 0.525. The van der Waals surface area contributed by atoms with Gasteiger partial charge < -0.3 is 14.8 Å². The lowest BCUT2D eigenvalue weighted by Crippen LogP contribution is -2.30. The number of carbonyl (C=O) groups is 3. The molecule has 9 nitrogen and oxygen atoms in total. The van der Waals surface area contributed by atoms with E-state index in [1.54, 1.807) is 23.9 Å². The van der Waals surface area contributed by atoms with Gasteiger partial charge in [-0.3, -0.25) is 24.5 Å². The van der Waals surface area contributed by atoms with E-state index >= 15 is 0 Å². The molecular formula is C21H22N2O7S. The zero-order valence-electron chi connectivity index (χ0n) is 17.2. The molecule has 0 spiro atoms. The highest BCUT2D eigenvalue weighted by molar-refractivity contribution is 7.98. The van der Waals surface area contributed by atoms with Crippen molar-refractivity contribution < 1.29 is 28.8 Å². The standard InChI is InChI=1S/C21H22N2O7S/c1-13(21(26)22-17-12-15(23(27)28)6-10-19(17)29-2)30-20(25)11-9-18(24)14-4-7-16(31-3)8-5-14/h4-8,10,12-13H,9,11H2,1-3H3,(H,22,26). The van der Waals surface area contributed by atoms with Crippen molar-refractivity contribution in [2.75, 3.05) is 18.7 Å². The number of ether oxygens (including phenoxy) is 2. The van der Waals surface area contributed by atoms with Gasteiger partial charge in [-0.2, -0.15) is 0 Å². The Balaban J connectivity index is 1.90. The average Bonchev–Trinajstić information content (AvgIpc) is 2.77. The number of Topliss-reactive ketones (excluding diaryl/α,β-unsaturated/α-hetero) is 1. The molecule has 0 aliphatic heterocycles. The summed E-state index contributed by atoms with van der Waals surface area (Å²) in [7, 11) is 1.35. The molecule has 1 unspecified atom stereocenters. The van der Waals surface area contributed by atoms with Crippen LogP contribution in [0.1, 0.15) is 30.1 Å². The van der Waals surface area contributed by atoms with Gasteiger partial charge in [0.1, 0.15) is 5.75 Å². The molecule has 0 fully saturated rings. The highest BCUT2D eigenvalue weighted by atomic mass is 32.2. The van der Waals surface area contributed by atoms with E-state index in [0.717, 1.165) is 11.0 Å². The maximum absolute atomic E-state index is 12.3. The van der Waals surface area contributed by atoms with Crippen LogP contribution in [-0.2, 0) is 14.3 Å². The van der Waals surface area contributed by atoms with Crippen LogP contribution in [0.3, 0.4) is 0 Å². The van der Waals surface area contributed by atoms with Gasteiger partial charge in [0, 0.05) is 29.0 Å². The van der Waals surface area contributed by atoms with Crippen molar-refractivity contribution in [3.8, 4) is 5.75 Å². The van der Waals surface area contributed by atoms with Crippen molar-refractivity contribution in [2.45, 2.75) is 30.8 Å². The van der Waals surface area contributed by atoms with Crippen molar-refractivity contribution in [3.63, 3.8) is 0 Å². The summed E-state index contributed by atoms with van der Waals surface area (Å²) in [4.78, 5) is 47.9. The summed E-state index contributed by atoms with van der Waals surface area (Å²) in [6.45, 7) is 1.36. The molecule has 1 N–H and O–H groups in total. The second kappa shape index (κ2) is 11.1. The summed E-state index contributed by atoms with van der Waals surface area (Å²) >= 11 is 1.56. The number of rotatable bonds is 10. The predicted molar refractivity (Wildman–Crippen MR) is 116 cm³/mol. The van der Waals surface area contributed by atoms with Gasteiger partial charge in [-0.05, 0) is 31.4 Å². The number of methoxy groups -OCH3 is 1. The number of hydrogen-bond acceptors (Lipinski definition) is 8. The minimum atomic E-state index is -1.17. The van der Waals surface area contributed by atoms with E-state index in [4.69, 9.17) is 9.47 Å². The number of non-ortho nitro benzene ring substituents is 1. The number of esters is 1. The van der Waals surface area contributed by atoms with Crippen LogP contribution < -0.4 is 10.1 Å². The van der Waals surface area contributed by atoms with Gasteiger partial charge in [0.05, 0.1) is 24.1 Å². The first kappa shape index (κ1) is 23.9. The van der Waals surface area contributed by atoms with E-state index in [-0.39, 0.29) is 35.7 Å². The van der Waals surface area contributed by atoms with Crippen molar-refractivity contribution in [3.05, 3.63) is 58.1 Å². The number of anilines is 1. The molecule has 31 heavy (non-hydrogen) atoms. The van der Waals surface area contributed by atoms with E-state index in [1.807, 2.05) is 18.4 Å². The van der Waals surface area contributed by atoms with Crippen LogP contribution in [0.2, 0.25) is 0 Å². The molecule has 2 rings (SSSR count). The lowest BCUT2D eigenvalue weighted by Gasteiger charge is -2.15. The first-order valence-electron chi connectivity index (χ1n) is 9.25. The lowest BCUT2D eigenvalue weighted by atomic mass is 10.1. The Labute approximate surface area is 183 Å². The molecule has 0 bridgehead atoms. The summed E-state index contributed by atoms with van der Waals surface area (Å²) in [5.74, 6) is -1.38. The maximum Gasteiger partial charge on any atom is 0.307 e. The molecule has 2 aromatic carbocycles. The van der Waals surface area contributed by atoms with Crippen LogP contribution in [0.5, 0.6) is 5.75 Å². The number of hydrogen-bond donors (Lipinski definition) is 1. The van der Waals surface area contributed by atoms with E-state index in [9.17, 15) is 24.5 Å². The second-order valence-electron chi connectivity index (χ2n) is 6.41. The summed E-state index contributed by atoms with van der Waals surface area (Å²) in [5.41, 5.74) is 0.340. The zero-order valence-corrected chi connectivity index (χ0v) is 18.1. The topological polar surface area (TPSA) is 125 Å². The molecule has 0 saturated heterocycles. The third kappa shape index (κ3) is 6.82. The van der Waals surface area contributed by atoms with Gasteiger partial charge in [-0.25, -0.2) is 0 Å². The van der Waals surface area contributed by atoms with Crippen LogP contribution in [0.4, 0.5) is 11.4 Å². The minimum absolute atomic E-state index is 0.0511. The predicted octanol–water partition coefficient (Wildman–Crippen LogP) is 3.86. The zero-order chi connectivity index (χ0) is 23.0. The van der Waals surface area contributed by atoms with Crippen LogP contribution in [-0.4, -0.2) is 42.1 Å². The third-order valence-electron chi connectivity index (χ3n) is 4.30. The van der Waals surface area contributed by atoms with Gasteiger partial charge in [0.25, 0.3) is 11.6 Å². The summed E-state index contributed by atoms with van der Waals surface area (Å²) in [6, 6.07) is 10.8. The molecule has 0 aliphatic rings. The first-order chi connectivity index (χ1) is 14.7. The number of amides is 1. The van der Waals surface area contributed by atoms with E-state index in [2.05, 4.69) is 5.32 Å². The van der Waals surface area contributed by atoms with E-state index in [1.165, 1.54) is 26.2 Å². The second-order valence-corrected chi connectivity index (χ2v) is 7.29. The number of ketones is 1. The van der Waals surface area contributed by atoms with E-state index < -0.39 is 22.9 Å². The fraction of sp³-hybridized carbons (Fsp3) is 0.286. The molecule has 0 saturated carbocycles. The average molecular weight is 446 g/mol. The Morgan fingerprint density at radius 3 is 2.39 bits per heavy atom. The number of nitrogens with zero attached hydrogens (tertiary/aromatic N) is 1. The molecule has 0 heterocycles. The highest BCUT2D eigenvalue weighted by Crippen LogP contribution is 2.29. The van der Waals surface area contributed by atoms with E-state index in [0.29, 0.717) is 5.56 Å². The fourth-order valence-electron chi connectivity index (χ4n) is 2.59. The maximum atomic E-state index is 12.3. The number of carbonyl (C=O) groups excluding carboxylic acids is 3. The molecule has 0 aliphatic carbocycles.